The molecule has 0 spiro atoms. The number of aromatic nitrogens is 2. The Bertz CT molecular complexity index is 658. The number of carboxylic acids is 1. The maximum Gasteiger partial charge on any atom is 0.435 e. The zero-order chi connectivity index (χ0) is 15.8. The Kier molecular flexibility index (Phi) is 3.76. The van der Waals surface area contributed by atoms with Gasteiger partial charge in [-0.3, -0.25) is 0 Å². The van der Waals surface area contributed by atoms with E-state index in [1.807, 2.05) is 0 Å². The highest BCUT2D eigenvalue weighted by Crippen LogP contribution is 2.31. The van der Waals surface area contributed by atoms with Crippen molar-refractivity contribution >= 4 is 5.97 Å². The van der Waals surface area contributed by atoms with Crippen molar-refractivity contribution in [2.45, 2.75) is 25.9 Å². The van der Waals surface area contributed by atoms with Crippen LogP contribution < -0.4 is 0 Å². The number of hydrogen-bond acceptors (Lipinski definition) is 2. The molecule has 0 aliphatic carbocycles. The van der Waals surface area contributed by atoms with Crippen molar-refractivity contribution in [1.82, 2.24) is 9.78 Å². The Morgan fingerprint density at radius 3 is 2.24 bits per heavy atom. The highest BCUT2D eigenvalue weighted by Gasteiger charge is 2.35. The first kappa shape index (κ1) is 15.1. The molecule has 0 saturated carbocycles. The van der Waals surface area contributed by atoms with Crippen molar-refractivity contribution in [3.05, 3.63) is 47.3 Å². The molecule has 0 radical (unpaired) electrons. The second-order valence-corrected chi connectivity index (χ2v) is 4.87. The molecule has 0 fully saturated rings. The average Bonchev–Trinajstić information content (AvgIpc) is 2.83. The Morgan fingerprint density at radius 2 is 1.81 bits per heavy atom. The summed E-state index contributed by atoms with van der Waals surface area (Å²) in [5.41, 5.74) is -0.105. The molecule has 1 N–H and O–H groups in total. The molecule has 1 aromatic heterocycles. The van der Waals surface area contributed by atoms with Gasteiger partial charge < -0.3 is 5.11 Å². The van der Waals surface area contributed by atoms with E-state index in [9.17, 15) is 18.0 Å². The lowest BCUT2D eigenvalue weighted by Gasteiger charge is -2.10. The number of rotatable bonds is 3. The maximum absolute atomic E-state index is 12.8. The number of aromatic carboxylic acids is 1. The van der Waals surface area contributed by atoms with Crippen molar-refractivity contribution in [2.24, 2.45) is 0 Å². The van der Waals surface area contributed by atoms with Crippen LogP contribution in [-0.4, -0.2) is 20.9 Å². The first-order valence-corrected chi connectivity index (χ1v) is 6.21. The Morgan fingerprint density at radius 1 is 1.24 bits per heavy atom. The third kappa shape index (κ3) is 3.07. The fourth-order valence-electron chi connectivity index (χ4n) is 1.90. The largest absolute Gasteiger partial charge is 0.478 e. The molecule has 4 nitrogen and oxygen atoms in total. The fraction of sp³-hybridized carbons (Fsp3) is 0.286. The van der Waals surface area contributed by atoms with Crippen LogP contribution in [0.2, 0.25) is 0 Å². The molecular weight excluding hydrogens is 285 g/mol. The number of benzene rings is 1. The predicted molar refractivity (Wildman–Crippen MR) is 69.6 cm³/mol. The zero-order valence-electron chi connectivity index (χ0n) is 11.3. The molecule has 0 atom stereocenters. The number of hydrogen-bond donors (Lipinski definition) is 1. The van der Waals surface area contributed by atoms with Gasteiger partial charge in [0, 0.05) is 5.69 Å². The summed E-state index contributed by atoms with van der Waals surface area (Å²) in [7, 11) is 0. The summed E-state index contributed by atoms with van der Waals surface area (Å²) in [6.07, 6.45) is -4.52. The van der Waals surface area contributed by atoms with Crippen molar-refractivity contribution in [2.75, 3.05) is 0 Å². The van der Waals surface area contributed by atoms with Gasteiger partial charge in [-0.25, -0.2) is 9.48 Å². The summed E-state index contributed by atoms with van der Waals surface area (Å²) >= 11 is 0. The first-order chi connectivity index (χ1) is 9.70. The Balaban J connectivity index is 2.51. The van der Waals surface area contributed by atoms with Crippen LogP contribution in [0.3, 0.4) is 0 Å². The van der Waals surface area contributed by atoms with E-state index in [0.29, 0.717) is 11.4 Å². The van der Waals surface area contributed by atoms with E-state index in [1.54, 1.807) is 13.8 Å². The lowest BCUT2D eigenvalue weighted by Crippen LogP contribution is -2.08. The quantitative estimate of drug-likeness (QED) is 0.939. The number of alkyl halides is 3. The molecule has 0 saturated heterocycles. The summed E-state index contributed by atoms with van der Waals surface area (Å²) in [6.45, 7) is 3.53. The molecule has 1 heterocycles. The minimum Gasteiger partial charge on any atom is -0.478 e. The van der Waals surface area contributed by atoms with E-state index in [0.717, 1.165) is 6.07 Å². The molecule has 112 valence electrons. The SMILES string of the molecule is CC(C)c1cc(C(F)(F)F)nn1-c1ccc(C(=O)O)cc1. The monoisotopic (exact) mass is 298 g/mol. The molecule has 0 aliphatic heterocycles. The third-order valence-corrected chi connectivity index (χ3v) is 2.98. The molecule has 1 aromatic carbocycles. The van der Waals surface area contributed by atoms with Crippen LogP contribution in [0.15, 0.2) is 30.3 Å². The minimum atomic E-state index is -4.52. The van der Waals surface area contributed by atoms with Crippen LogP contribution in [0.1, 0.15) is 41.5 Å². The normalized spacial score (nSPS) is 11.9. The zero-order valence-corrected chi connectivity index (χ0v) is 11.3. The average molecular weight is 298 g/mol. The highest BCUT2D eigenvalue weighted by atomic mass is 19.4. The van der Waals surface area contributed by atoms with Crippen LogP contribution in [0.25, 0.3) is 5.69 Å². The maximum atomic E-state index is 12.8. The van der Waals surface area contributed by atoms with E-state index in [-0.39, 0.29) is 11.5 Å². The van der Waals surface area contributed by atoms with Crippen LogP contribution in [0, 0.1) is 0 Å². The number of carboxylic acid groups (broad SMARTS) is 1. The second-order valence-electron chi connectivity index (χ2n) is 4.87. The van der Waals surface area contributed by atoms with E-state index >= 15 is 0 Å². The molecular formula is C14H13F3N2O2. The minimum absolute atomic E-state index is 0.0630. The molecule has 0 unspecified atom stereocenters. The smallest absolute Gasteiger partial charge is 0.435 e. The first-order valence-electron chi connectivity index (χ1n) is 6.21. The van der Waals surface area contributed by atoms with Gasteiger partial charge >= 0.3 is 12.1 Å². The van der Waals surface area contributed by atoms with Crippen LogP contribution in [-0.2, 0) is 6.18 Å². The number of carbonyl (C=O) groups is 1. The van der Waals surface area contributed by atoms with Gasteiger partial charge in [-0.15, -0.1) is 0 Å². The molecule has 0 amide bonds. The Hall–Kier alpha value is -2.31. The molecule has 7 heteroatoms. The van der Waals surface area contributed by atoms with Crippen molar-refractivity contribution in [1.29, 1.82) is 0 Å². The van der Waals surface area contributed by atoms with Gasteiger partial charge in [0.2, 0.25) is 0 Å². The summed E-state index contributed by atoms with van der Waals surface area (Å²) in [5, 5.41) is 12.4. The van der Waals surface area contributed by atoms with E-state index < -0.39 is 17.8 Å². The molecule has 0 aliphatic rings. The van der Waals surface area contributed by atoms with Crippen molar-refractivity contribution in [3.63, 3.8) is 0 Å². The summed E-state index contributed by atoms with van der Waals surface area (Å²) < 4.78 is 39.5. The van der Waals surface area contributed by atoms with Gasteiger partial charge in [0.05, 0.1) is 11.3 Å². The molecule has 2 rings (SSSR count). The van der Waals surface area contributed by atoms with Crippen LogP contribution in [0.5, 0.6) is 0 Å². The highest BCUT2D eigenvalue weighted by molar-refractivity contribution is 5.87. The standard InChI is InChI=1S/C14H13F3N2O2/c1-8(2)11-7-12(14(15,16)17)18-19(11)10-5-3-9(4-6-10)13(20)21/h3-8H,1-2H3,(H,20,21). The second kappa shape index (κ2) is 5.23. The van der Waals surface area contributed by atoms with E-state index in [1.165, 1.54) is 28.9 Å². The molecule has 21 heavy (non-hydrogen) atoms. The van der Waals surface area contributed by atoms with Gasteiger partial charge in [-0.2, -0.15) is 18.3 Å². The number of nitrogens with zero attached hydrogens (tertiary/aromatic N) is 2. The van der Waals surface area contributed by atoms with Gasteiger partial charge in [0.15, 0.2) is 5.69 Å². The van der Waals surface area contributed by atoms with Gasteiger partial charge in [0.25, 0.3) is 0 Å². The summed E-state index contributed by atoms with van der Waals surface area (Å²) in [6, 6.07) is 6.54. The number of halogens is 3. The summed E-state index contributed by atoms with van der Waals surface area (Å²) in [5.74, 6) is -1.25. The molecule has 0 bridgehead atoms. The predicted octanol–water partition coefficient (Wildman–Crippen LogP) is 3.71. The summed E-state index contributed by atoms with van der Waals surface area (Å²) in [4.78, 5) is 10.8. The fourth-order valence-corrected chi connectivity index (χ4v) is 1.90. The Labute approximate surface area is 118 Å². The van der Waals surface area contributed by atoms with E-state index in [2.05, 4.69) is 5.10 Å². The van der Waals surface area contributed by atoms with E-state index in [4.69, 9.17) is 5.11 Å². The van der Waals surface area contributed by atoms with Crippen molar-refractivity contribution < 1.29 is 23.1 Å². The van der Waals surface area contributed by atoms with Crippen LogP contribution >= 0.6 is 0 Å². The van der Waals surface area contributed by atoms with Crippen molar-refractivity contribution in [3.8, 4) is 5.69 Å². The van der Waals surface area contributed by atoms with Gasteiger partial charge in [0.1, 0.15) is 0 Å². The topological polar surface area (TPSA) is 55.1 Å². The van der Waals surface area contributed by atoms with Gasteiger partial charge in [-0.05, 0) is 36.2 Å². The lowest BCUT2D eigenvalue weighted by molar-refractivity contribution is -0.141. The molecule has 2 aromatic rings. The lowest BCUT2D eigenvalue weighted by atomic mass is 10.1. The van der Waals surface area contributed by atoms with Gasteiger partial charge in [-0.1, -0.05) is 13.8 Å². The van der Waals surface area contributed by atoms with Crippen LogP contribution in [0.4, 0.5) is 13.2 Å². The third-order valence-electron chi connectivity index (χ3n) is 2.98.